The van der Waals surface area contributed by atoms with Crippen LogP contribution in [-0.2, 0) is 27.9 Å². The Morgan fingerprint density at radius 3 is 0.930 bits per heavy atom. The quantitative estimate of drug-likeness (QED) is 0.0281. The number of hydrogen-bond acceptors (Lipinski definition) is 6. The van der Waals surface area contributed by atoms with Crippen LogP contribution in [-0.4, -0.2) is 75.6 Å². The highest BCUT2D eigenvalue weighted by molar-refractivity contribution is 7.47. The molecule has 9 heteroatoms. The number of unbranched alkanes of at least 4 members (excludes halogenated alkanes) is 47. The number of ether oxygens (including phenoxy) is 2. The molecule has 0 rings (SSSR count). The molecule has 0 saturated carbocycles. The Morgan fingerprint density at radius 1 is 0.380 bits per heavy atom. The Kier molecular flexibility index (Phi) is 55.3. The van der Waals surface area contributed by atoms with Gasteiger partial charge >= 0.3 is 13.8 Å². The van der Waals surface area contributed by atoms with Gasteiger partial charge in [-0.2, -0.15) is 0 Å². The molecule has 0 heterocycles. The summed E-state index contributed by atoms with van der Waals surface area (Å²) in [6.07, 6.45) is 66.2. The molecule has 0 spiro atoms. The summed E-state index contributed by atoms with van der Waals surface area (Å²) in [6.45, 7) is 5.73. The number of likely N-dealkylation sites (N-methyl/N-ethyl adjacent to an activating group) is 1. The number of hydrogen-bond donors (Lipinski definition) is 1. The molecule has 0 aromatic heterocycles. The minimum Gasteiger partial charge on any atom is -0.457 e. The lowest BCUT2D eigenvalue weighted by atomic mass is 10.0. The minimum atomic E-state index is -4.28. The van der Waals surface area contributed by atoms with Crippen molar-refractivity contribution in [2.75, 3.05) is 54.1 Å². The fraction of sp³-hybridized carbons (Fsp3) is 0.984. The lowest BCUT2D eigenvalue weighted by Gasteiger charge is -2.24. The van der Waals surface area contributed by atoms with Crippen molar-refractivity contribution in [1.29, 1.82) is 0 Å². The Morgan fingerprint density at radius 2 is 0.648 bits per heavy atom. The number of rotatable bonds is 61. The smallest absolute Gasteiger partial charge is 0.457 e. The fourth-order valence-electron chi connectivity index (χ4n) is 9.80. The van der Waals surface area contributed by atoms with Crippen LogP contribution in [0.4, 0.5) is 0 Å². The van der Waals surface area contributed by atoms with Crippen molar-refractivity contribution in [3.05, 3.63) is 0 Å². The highest BCUT2D eigenvalue weighted by Gasteiger charge is 2.26. The van der Waals surface area contributed by atoms with Gasteiger partial charge in [-0.05, 0) is 12.8 Å². The molecule has 0 bridgehead atoms. The third-order valence-corrected chi connectivity index (χ3v) is 15.7. The summed E-state index contributed by atoms with van der Waals surface area (Å²) in [7, 11) is 1.70. The molecule has 71 heavy (non-hydrogen) atoms. The molecule has 0 amide bonds. The first-order valence-electron chi connectivity index (χ1n) is 31.8. The van der Waals surface area contributed by atoms with Gasteiger partial charge in [0, 0.05) is 13.0 Å². The van der Waals surface area contributed by atoms with Gasteiger partial charge in [0.1, 0.15) is 19.3 Å². The van der Waals surface area contributed by atoms with Crippen molar-refractivity contribution >= 4 is 13.8 Å². The zero-order valence-electron chi connectivity index (χ0n) is 48.8. The van der Waals surface area contributed by atoms with Gasteiger partial charge in [-0.3, -0.25) is 13.8 Å². The molecular formula is C62H127NO7P+. The highest BCUT2D eigenvalue weighted by Crippen LogP contribution is 2.43. The zero-order chi connectivity index (χ0) is 51.9. The van der Waals surface area contributed by atoms with E-state index in [9.17, 15) is 14.3 Å². The van der Waals surface area contributed by atoms with E-state index in [1.165, 1.54) is 283 Å². The predicted molar refractivity (Wildman–Crippen MR) is 308 cm³/mol. The largest absolute Gasteiger partial charge is 0.472 e. The van der Waals surface area contributed by atoms with Gasteiger partial charge < -0.3 is 18.9 Å². The van der Waals surface area contributed by atoms with Crippen LogP contribution in [0.5, 0.6) is 0 Å². The number of carbonyl (C=O) groups excluding carboxylic acids is 1. The molecule has 2 atom stereocenters. The third-order valence-electron chi connectivity index (χ3n) is 14.7. The van der Waals surface area contributed by atoms with E-state index < -0.39 is 13.9 Å². The van der Waals surface area contributed by atoms with Crippen molar-refractivity contribution in [2.45, 2.75) is 341 Å². The van der Waals surface area contributed by atoms with Crippen molar-refractivity contribution in [1.82, 2.24) is 0 Å². The summed E-state index contributed by atoms with van der Waals surface area (Å²) in [6, 6.07) is 0. The molecule has 0 aliphatic carbocycles. The first-order valence-corrected chi connectivity index (χ1v) is 33.3. The summed E-state index contributed by atoms with van der Waals surface area (Å²) in [5.74, 6) is -0.301. The van der Waals surface area contributed by atoms with Crippen molar-refractivity contribution in [2.24, 2.45) is 0 Å². The van der Waals surface area contributed by atoms with Crippen LogP contribution in [0, 0.1) is 0 Å². The standard InChI is InChI=1S/C62H126NO7P/c1-6-8-10-12-14-16-18-20-22-24-26-27-28-29-30-31-32-33-34-35-36-37-38-39-41-43-45-47-49-51-53-55-62(64)70-61(60-69-71(65,66)68-58-56-63(3,4)5)59-67-57-54-52-50-48-46-44-42-40-25-23-21-19-17-15-13-11-9-7-2/h61H,6-60H2,1-5H3/p+1/t61-/m1/s1. The lowest BCUT2D eigenvalue weighted by molar-refractivity contribution is -0.870. The molecule has 0 saturated heterocycles. The van der Waals surface area contributed by atoms with Crippen LogP contribution in [0.3, 0.4) is 0 Å². The number of esters is 1. The molecule has 0 radical (unpaired) electrons. The van der Waals surface area contributed by atoms with Gasteiger partial charge in [-0.15, -0.1) is 0 Å². The van der Waals surface area contributed by atoms with Gasteiger partial charge in [-0.1, -0.05) is 316 Å². The Hall–Kier alpha value is -0.500. The molecule has 426 valence electrons. The van der Waals surface area contributed by atoms with Crippen LogP contribution in [0.15, 0.2) is 0 Å². The SMILES string of the molecule is CCCCCCCCCCCCCCCCCCCCCCCCCCCCCCCCCC(=O)O[C@H](COCCCCCCCCCCCCCCCCCCCC)COP(=O)(O)OCC[N+](C)(C)C. The highest BCUT2D eigenvalue weighted by atomic mass is 31.2. The van der Waals surface area contributed by atoms with Gasteiger partial charge in [0.15, 0.2) is 0 Å². The number of phosphoric acid groups is 1. The normalized spacial score (nSPS) is 13.3. The minimum absolute atomic E-state index is 0.0945. The number of nitrogens with zero attached hydrogens (tertiary/aromatic N) is 1. The maximum atomic E-state index is 12.8. The van der Waals surface area contributed by atoms with E-state index in [2.05, 4.69) is 13.8 Å². The topological polar surface area (TPSA) is 91.3 Å². The van der Waals surface area contributed by atoms with Crippen LogP contribution in [0.2, 0.25) is 0 Å². The second kappa shape index (κ2) is 55.7. The van der Waals surface area contributed by atoms with E-state index >= 15 is 0 Å². The van der Waals surface area contributed by atoms with E-state index in [4.69, 9.17) is 18.5 Å². The second-order valence-corrected chi connectivity index (χ2v) is 24.6. The third kappa shape index (κ3) is 60.2. The van der Waals surface area contributed by atoms with E-state index in [1.807, 2.05) is 21.1 Å². The summed E-state index contributed by atoms with van der Waals surface area (Å²) in [4.78, 5) is 23.1. The maximum absolute atomic E-state index is 12.8. The maximum Gasteiger partial charge on any atom is 0.472 e. The van der Waals surface area contributed by atoms with E-state index in [-0.39, 0.29) is 25.8 Å². The van der Waals surface area contributed by atoms with Gasteiger partial charge in [0.05, 0.1) is 34.4 Å². The van der Waals surface area contributed by atoms with Crippen LogP contribution < -0.4 is 0 Å². The first-order chi connectivity index (χ1) is 34.6. The van der Waals surface area contributed by atoms with Crippen molar-refractivity contribution < 1.29 is 37.3 Å². The van der Waals surface area contributed by atoms with Crippen LogP contribution in [0.25, 0.3) is 0 Å². The second-order valence-electron chi connectivity index (χ2n) is 23.2. The first kappa shape index (κ1) is 70.5. The van der Waals surface area contributed by atoms with Crippen LogP contribution >= 0.6 is 7.82 Å². The van der Waals surface area contributed by atoms with Gasteiger partial charge in [0.25, 0.3) is 0 Å². The molecule has 0 aromatic carbocycles. The molecule has 0 aliphatic heterocycles. The van der Waals surface area contributed by atoms with Gasteiger partial charge in [-0.25, -0.2) is 4.57 Å². The molecule has 0 fully saturated rings. The number of quaternary nitrogens is 1. The Bertz CT molecular complexity index is 1100. The average molecular weight is 1030 g/mol. The summed E-state index contributed by atoms with van der Waals surface area (Å²) < 4.78 is 35.3. The number of phosphoric ester groups is 1. The van der Waals surface area contributed by atoms with Crippen molar-refractivity contribution in [3.63, 3.8) is 0 Å². The molecule has 0 aromatic rings. The predicted octanol–water partition coefficient (Wildman–Crippen LogP) is 20.3. The number of carbonyl (C=O) groups is 1. The van der Waals surface area contributed by atoms with E-state index in [1.54, 1.807) is 0 Å². The summed E-state index contributed by atoms with van der Waals surface area (Å²) in [5, 5.41) is 0. The zero-order valence-corrected chi connectivity index (χ0v) is 49.7. The summed E-state index contributed by atoms with van der Waals surface area (Å²) >= 11 is 0. The van der Waals surface area contributed by atoms with E-state index in [0.29, 0.717) is 24.1 Å². The monoisotopic (exact) mass is 1030 g/mol. The van der Waals surface area contributed by atoms with Crippen LogP contribution in [0.1, 0.15) is 335 Å². The molecule has 1 unspecified atom stereocenters. The van der Waals surface area contributed by atoms with Gasteiger partial charge in [0.2, 0.25) is 0 Å². The molecular weight excluding hydrogens is 902 g/mol. The fourth-order valence-corrected chi connectivity index (χ4v) is 10.5. The average Bonchev–Trinajstić information content (AvgIpc) is 3.33. The molecule has 0 aliphatic rings. The van der Waals surface area contributed by atoms with E-state index in [0.717, 1.165) is 32.1 Å². The summed E-state index contributed by atoms with van der Waals surface area (Å²) in [5.41, 5.74) is 0. The van der Waals surface area contributed by atoms with Crippen molar-refractivity contribution in [3.8, 4) is 0 Å². The Labute approximate surface area is 444 Å². The molecule has 1 N–H and O–H groups in total. The molecule has 8 nitrogen and oxygen atoms in total. The Balaban J connectivity index is 3.89. The lowest BCUT2D eigenvalue weighted by Crippen LogP contribution is -2.37.